The summed E-state index contributed by atoms with van der Waals surface area (Å²) in [6.07, 6.45) is 1.88. The number of carbonyl (C=O) groups is 1. The molecule has 4 nitrogen and oxygen atoms in total. The van der Waals surface area contributed by atoms with E-state index in [9.17, 15) is 9.90 Å². The van der Waals surface area contributed by atoms with E-state index < -0.39 is 0 Å². The first-order valence-corrected chi connectivity index (χ1v) is 7.08. The zero-order chi connectivity index (χ0) is 15.0. The van der Waals surface area contributed by atoms with Gasteiger partial charge in [-0.1, -0.05) is 26.0 Å². The van der Waals surface area contributed by atoms with Gasteiger partial charge in [-0.05, 0) is 36.5 Å². The van der Waals surface area contributed by atoms with E-state index in [1.807, 2.05) is 24.3 Å². The van der Waals surface area contributed by atoms with E-state index in [2.05, 4.69) is 19.2 Å². The minimum absolute atomic E-state index is 0.0108. The van der Waals surface area contributed by atoms with Crippen molar-refractivity contribution in [1.29, 1.82) is 0 Å². The SMILES string of the molecule is COc1cccc(CCC(=O)NC(CO)CC(C)C)c1. The molecule has 20 heavy (non-hydrogen) atoms. The van der Waals surface area contributed by atoms with Crippen LogP contribution in [0, 0.1) is 5.92 Å². The first-order chi connectivity index (χ1) is 9.55. The van der Waals surface area contributed by atoms with Crippen molar-refractivity contribution >= 4 is 5.91 Å². The number of benzene rings is 1. The Morgan fingerprint density at radius 2 is 2.15 bits per heavy atom. The van der Waals surface area contributed by atoms with Gasteiger partial charge in [0.25, 0.3) is 0 Å². The lowest BCUT2D eigenvalue weighted by atomic mass is 10.0. The molecule has 0 aromatic heterocycles. The van der Waals surface area contributed by atoms with Crippen LogP contribution in [0.2, 0.25) is 0 Å². The molecule has 0 spiro atoms. The van der Waals surface area contributed by atoms with Crippen LogP contribution >= 0.6 is 0 Å². The van der Waals surface area contributed by atoms with E-state index in [-0.39, 0.29) is 18.6 Å². The van der Waals surface area contributed by atoms with Crippen molar-refractivity contribution in [2.75, 3.05) is 13.7 Å². The molecule has 0 aliphatic rings. The molecule has 2 N–H and O–H groups in total. The summed E-state index contributed by atoms with van der Waals surface area (Å²) in [5.41, 5.74) is 1.07. The predicted octanol–water partition coefficient (Wildman–Crippen LogP) is 2.15. The van der Waals surface area contributed by atoms with Gasteiger partial charge < -0.3 is 15.2 Å². The molecule has 1 atom stereocenters. The van der Waals surface area contributed by atoms with Gasteiger partial charge in [-0.3, -0.25) is 4.79 Å². The monoisotopic (exact) mass is 279 g/mol. The number of hydrogen-bond donors (Lipinski definition) is 2. The lowest BCUT2D eigenvalue weighted by Gasteiger charge is -2.18. The third kappa shape index (κ3) is 6.06. The van der Waals surface area contributed by atoms with Gasteiger partial charge in [-0.15, -0.1) is 0 Å². The quantitative estimate of drug-likeness (QED) is 0.766. The van der Waals surface area contributed by atoms with Gasteiger partial charge in [-0.2, -0.15) is 0 Å². The summed E-state index contributed by atoms with van der Waals surface area (Å²) in [7, 11) is 1.63. The van der Waals surface area contributed by atoms with Crippen LogP contribution in [-0.4, -0.2) is 30.8 Å². The Labute approximate surface area is 121 Å². The summed E-state index contributed by atoms with van der Waals surface area (Å²) in [5, 5.41) is 12.1. The van der Waals surface area contributed by atoms with Gasteiger partial charge in [0, 0.05) is 6.42 Å². The van der Waals surface area contributed by atoms with Crippen molar-refractivity contribution in [2.45, 2.75) is 39.2 Å². The maximum atomic E-state index is 11.9. The zero-order valence-electron chi connectivity index (χ0n) is 12.6. The van der Waals surface area contributed by atoms with E-state index in [4.69, 9.17) is 4.74 Å². The average molecular weight is 279 g/mol. The molecule has 1 unspecified atom stereocenters. The number of methoxy groups -OCH3 is 1. The molecule has 0 bridgehead atoms. The van der Waals surface area contributed by atoms with Crippen LogP contribution in [0.15, 0.2) is 24.3 Å². The number of amides is 1. The predicted molar refractivity (Wildman–Crippen MR) is 79.8 cm³/mol. The number of nitrogens with one attached hydrogen (secondary N) is 1. The maximum Gasteiger partial charge on any atom is 0.220 e. The Balaban J connectivity index is 2.42. The van der Waals surface area contributed by atoms with E-state index >= 15 is 0 Å². The molecule has 0 saturated carbocycles. The molecule has 0 saturated heterocycles. The molecule has 0 radical (unpaired) electrons. The first-order valence-electron chi connectivity index (χ1n) is 7.08. The van der Waals surface area contributed by atoms with Crippen LogP contribution in [0.5, 0.6) is 5.75 Å². The summed E-state index contributed by atoms with van der Waals surface area (Å²) < 4.78 is 5.15. The van der Waals surface area contributed by atoms with Gasteiger partial charge in [-0.25, -0.2) is 0 Å². The molecule has 112 valence electrons. The third-order valence-corrected chi connectivity index (χ3v) is 3.12. The smallest absolute Gasteiger partial charge is 0.220 e. The highest BCUT2D eigenvalue weighted by Gasteiger charge is 2.12. The van der Waals surface area contributed by atoms with E-state index in [0.717, 1.165) is 17.7 Å². The summed E-state index contributed by atoms with van der Waals surface area (Å²) in [5.74, 6) is 1.23. The van der Waals surface area contributed by atoms with E-state index in [1.165, 1.54) is 0 Å². The highest BCUT2D eigenvalue weighted by Crippen LogP contribution is 2.14. The van der Waals surface area contributed by atoms with Crippen LogP contribution in [0.4, 0.5) is 0 Å². The number of aryl methyl sites for hydroxylation is 1. The Hall–Kier alpha value is -1.55. The van der Waals surface area contributed by atoms with Gasteiger partial charge in [0.2, 0.25) is 5.91 Å². The molecule has 0 aliphatic carbocycles. The normalized spacial score (nSPS) is 12.2. The van der Waals surface area contributed by atoms with Gasteiger partial charge >= 0.3 is 0 Å². The molecular weight excluding hydrogens is 254 g/mol. The molecular formula is C16H25NO3. The van der Waals surface area contributed by atoms with E-state index in [0.29, 0.717) is 18.8 Å². The topological polar surface area (TPSA) is 58.6 Å². The average Bonchev–Trinajstić information content (AvgIpc) is 2.44. The van der Waals surface area contributed by atoms with Gasteiger partial charge in [0.15, 0.2) is 0 Å². The molecule has 4 heteroatoms. The Morgan fingerprint density at radius 1 is 1.40 bits per heavy atom. The van der Waals surface area contributed by atoms with Crippen molar-refractivity contribution in [3.63, 3.8) is 0 Å². The lowest BCUT2D eigenvalue weighted by Crippen LogP contribution is -2.38. The zero-order valence-corrected chi connectivity index (χ0v) is 12.6. The molecule has 0 heterocycles. The standard InChI is InChI=1S/C16H25NO3/c1-12(2)9-14(11-18)17-16(19)8-7-13-5-4-6-15(10-13)20-3/h4-6,10,12,14,18H,7-9,11H2,1-3H3,(H,17,19). The highest BCUT2D eigenvalue weighted by molar-refractivity contribution is 5.76. The Kier molecular flexibility index (Phi) is 7.09. The number of ether oxygens (including phenoxy) is 1. The molecule has 1 aromatic carbocycles. The lowest BCUT2D eigenvalue weighted by molar-refractivity contribution is -0.122. The van der Waals surface area contributed by atoms with Crippen molar-refractivity contribution in [2.24, 2.45) is 5.92 Å². The summed E-state index contributed by atoms with van der Waals surface area (Å²) in [6.45, 7) is 4.14. The summed E-state index contributed by atoms with van der Waals surface area (Å²) in [4.78, 5) is 11.9. The fourth-order valence-electron chi connectivity index (χ4n) is 2.13. The second-order valence-electron chi connectivity index (χ2n) is 5.43. The Bertz CT molecular complexity index is 418. The van der Waals surface area contributed by atoms with Crippen LogP contribution in [0.3, 0.4) is 0 Å². The number of hydrogen-bond acceptors (Lipinski definition) is 3. The number of aliphatic hydroxyl groups is 1. The molecule has 1 rings (SSSR count). The number of rotatable bonds is 8. The minimum Gasteiger partial charge on any atom is -0.497 e. The van der Waals surface area contributed by atoms with Crippen LogP contribution < -0.4 is 10.1 Å². The second kappa shape index (κ2) is 8.59. The van der Waals surface area contributed by atoms with Gasteiger partial charge in [0.1, 0.15) is 5.75 Å². The van der Waals surface area contributed by atoms with Crippen molar-refractivity contribution < 1.29 is 14.6 Å². The Morgan fingerprint density at radius 3 is 2.75 bits per heavy atom. The van der Waals surface area contributed by atoms with E-state index in [1.54, 1.807) is 7.11 Å². The van der Waals surface area contributed by atoms with Crippen LogP contribution in [0.25, 0.3) is 0 Å². The maximum absolute atomic E-state index is 11.9. The molecule has 0 aliphatic heterocycles. The first kappa shape index (κ1) is 16.5. The van der Waals surface area contributed by atoms with Crippen LogP contribution in [-0.2, 0) is 11.2 Å². The summed E-state index contributed by atoms with van der Waals surface area (Å²) >= 11 is 0. The highest BCUT2D eigenvalue weighted by atomic mass is 16.5. The fourth-order valence-corrected chi connectivity index (χ4v) is 2.13. The molecule has 0 fully saturated rings. The van der Waals surface area contributed by atoms with Crippen LogP contribution in [0.1, 0.15) is 32.3 Å². The second-order valence-corrected chi connectivity index (χ2v) is 5.43. The number of carbonyl (C=O) groups excluding carboxylic acids is 1. The molecule has 1 aromatic rings. The fraction of sp³-hybridized carbons (Fsp3) is 0.562. The molecule has 1 amide bonds. The van der Waals surface area contributed by atoms with Gasteiger partial charge in [0.05, 0.1) is 19.8 Å². The van der Waals surface area contributed by atoms with Crippen molar-refractivity contribution in [3.8, 4) is 5.75 Å². The van der Waals surface area contributed by atoms with Crippen molar-refractivity contribution in [1.82, 2.24) is 5.32 Å². The van der Waals surface area contributed by atoms with Crippen molar-refractivity contribution in [3.05, 3.63) is 29.8 Å². The number of aliphatic hydroxyl groups excluding tert-OH is 1. The largest absolute Gasteiger partial charge is 0.497 e. The third-order valence-electron chi connectivity index (χ3n) is 3.12. The summed E-state index contributed by atoms with van der Waals surface area (Å²) in [6, 6.07) is 7.57. The minimum atomic E-state index is -0.146.